The van der Waals surface area contributed by atoms with Crippen LogP contribution in [0.3, 0.4) is 0 Å². The van der Waals surface area contributed by atoms with Crippen molar-refractivity contribution in [2.45, 2.75) is 32.9 Å². The van der Waals surface area contributed by atoms with E-state index >= 15 is 0 Å². The molecule has 4 nitrogen and oxygen atoms in total. The second-order valence-electron chi connectivity index (χ2n) is 4.39. The maximum atomic E-state index is 11.7. The molecule has 1 atom stereocenters. The van der Waals surface area contributed by atoms with E-state index in [4.69, 9.17) is 9.47 Å². The van der Waals surface area contributed by atoms with Gasteiger partial charge >= 0.3 is 0 Å². The molecule has 0 saturated carbocycles. The van der Waals surface area contributed by atoms with Crippen LogP contribution >= 0.6 is 0 Å². The van der Waals surface area contributed by atoms with E-state index in [1.165, 1.54) is 0 Å². The Morgan fingerprint density at radius 2 is 1.94 bits per heavy atom. The highest BCUT2D eigenvalue weighted by Gasteiger charge is 2.13. The first-order chi connectivity index (χ1) is 8.54. The first-order valence-electron chi connectivity index (χ1n) is 6.08. The standard InChI is InChI=1S/C14H21NO3/c1-10(2)18-9-14(16)15-11(3)12-7-5-6-8-13(12)17-4/h5-8,10-11H,9H2,1-4H3,(H,15,16). The molecular formula is C14H21NO3. The topological polar surface area (TPSA) is 47.6 Å². The smallest absolute Gasteiger partial charge is 0.246 e. The van der Waals surface area contributed by atoms with Crippen LogP contribution in [0.25, 0.3) is 0 Å². The fraction of sp³-hybridized carbons (Fsp3) is 0.500. The number of methoxy groups -OCH3 is 1. The Bertz CT molecular complexity index is 390. The number of amides is 1. The van der Waals surface area contributed by atoms with Crippen molar-refractivity contribution < 1.29 is 14.3 Å². The third kappa shape index (κ3) is 4.37. The molecule has 0 bridgehead atoms. The number of ether oxygens (including phenoxy) is 2. The van der Waals surface area contributed by atoms with Crippen molar-refractivity contribution in [2.75, 3.05) is 13.7 Å². The molecule has 1 N–H and O–H groups in total. The van der Waals surface area contributed by atoms with Crippen molar-refractivity contribution in [3.8, 4) is 5.75 Å². The van der Waals surface area contributed by atoms with Gasteiger partial charge in [0.05, 0.1) is 19.3 Å². The van der Waals surface area contributed by atoms with Crippen molar-refractivity contribution in [2.24, 2.45) is 0 Å². The fourth-order valence-electron chi connectivity index (χ4n) is 1.63. The van der Waals surface area contributed by atoms with Crippen LogP contribution in [-0.4, -0.2) is 25.7 Å². The van der Waals surface area contributed by atoms with E-state index in [0.29, 0.717) is 0 Å². The maximum Gasteiger partial charge on any atom is 0.246 e. The van der Waals surface area contributed by atoms with Gasteiger partial charge in [-0.25, -0.2) is 0 Å². The van der Waals surface area contributed by atoms with Crippen LogP contribution in [-0.2, 0) is 9.53 Å². The predicted molar refractivity (Wildman–Crippen MR) is 70.6 cm³/mol. The molecule has 0 spiro atoms. The van der Waals surface area contributed by atoms with E-state index in [0.717, 1.165) is 11.3 Å². The Morgan fingerprint density at radius 3 is 2.56 bits per heavy atom. The van der Waals surface area contributed by atoms with E-state index in [-0.39, 0.29) is 24.7 Å². The zero-order valence-electron chi connectivity index (χ0n) is 11.4. The minimum absolute atomic E-state index is 0.0531. The molecular weight excluding hydrogens is 230 g/mol. The van der Waals surface area contributed by atoms with Gasteiger partial charge in [-0.15, -0.1) is 0 Å². The fourth-order valence-corrected chi connectivity index (χ4v) is 1.63. The van der Waals surface area contributed by atoms with Gasteiger partial charge in [-0.05, 0) is 26.8 Å². The lowest BCUT2D eigenvalue weighted by atomic mass is 10.1. The minimum atomic E-state index is -0.123. The lowest BCUT2D eigenvalue weighted by Gasteiger charge is -2.17. The first kappa shape index (κ1) is 14.5. The second-order valence-corrected chi connectivity index (χ2v) is 4.39. The van der Waals surface area contributed by atoms with Gasteiger partial charge in [0, 0.05) is 5.56 Å². The largest absolute Gasteiger partial charge is 0.496 e. The van der Waals surface area contributed by atoms with Gasteiger partial charge in [0.25, 0.3) is 0 Å². The van der Waals surface area contributed by atoms with Crippen LogP contribution in [0.5, 0.6) is 5.75 Å². The number of hydrogen-bond donors (Lipinski definition) is 1. The number of para-hydroxylation sites is 1. The molecule has 0 aliphatic carbocycles. The normalized spacial score (nSPS) is 12.3. The molecule has 1 rings (SSSR count). The third-order valence-corrected chi connectivity index (χ3v) is 2.53. The van der Waals surface area contributed by atoms with Crippen LogP contribution < -0.4 is 10.1 Å². The summed E-state index contributed by atoms with van der Waals surface area (Å²) in [5.41, 5.74) is 0.956. The van der Waals surface area contributed by atoms with Gasteiger partial charge in [-0.3, -0.25) is 4.79 Å². The zero-order valence-corrected chi connectivity index (χ0v) is 11.4. The summed E-state index contributed by atoms with van der Waals surface area (Å²) in [6, 6.07) is 7.53. The molecule has 1 amide bonds. The van der Waals surface area contributed by atoms with Crippen LogP contribution in [0.2, 0.25) is 0 Å². The Balaban J connectivity index is 2.59. The number of hydrogen-bond acceptors (Lipinski definition) is 3. The Hall–Kier alpha value is -1.55. The molecule has 0 aliphatic rings. The molecule has 18 heavy (non-hydrogen) atoms. The second kappa shape index (κ2) is 7.01. The van der Waals surface area contributed by atoms with Gasteiger partial charge in [0.2, 0.25) is 5.91 Å². The van der Waals surface area contributed by atoms with Gasteiger partial charge in [-0.1, -0.05) is 18.2 Å². The van der Waals surface area contributed by atoms with Crippen LogP contribution in [0, 0.1) is 0 Å². The van der Waals surface area contributed by atoms with Gasteiger partial charge in [-0.2, -0.15) is 0 Å². The van der Waals surface area contributed by atoms with E-state index < -0.39 is 0 Å². The number of carbonyl (C=O) groups is 1. The lowest BCUT2D eigenvalue weighted by Crippen LogP contribution is -2.31. The molecule has 1 aromatic rings. The number of carbonyl (C=O) groups excluding carboxylic acids is 1. The van der Waals surface area contributed by atoms with Gasteiger partial charge in [0.15, 0.2) is 0 Å². The molecule has 0 radical (unpaired) electrons. The zero-order chi connectivity index (χ0) is 13.5. The molecule has 1 unspecified atom stereocenters. The van der Waals surface area contributed by atoms with Crippen LogP contribution in [0.15, 0.2) is 24.3 Å². The predicted octanol–water partition coefficient (Wildman–Crippen LogP) is 2.30. The van der Waals surface area contributed by atoms with Crippen LogP contribution in [0.4, 0.5) is 0 Å². The van der Waals surface area contributed by atoms with E-state index in [9.17, 15) is 4.79 Å². The van der Waals surface area contributed by atoms with Gasteiger partial charge in [0.1, 0.15) is 12.4 Å². The molecule has 0 aliphatic heterocycles. The molecule has 1 aromatic carbocycles. The summed E-state index contributed by atoms with van der Waals surface area (Å²) >= 11 is 0. The highest BCUT2D eigenvalue weighted by Crippen LogP contribution is 2.24. The summed E-state index contributed by atoms with van der Waals surface area (Å²) in [6.45, 7) is 5.80. The Morgan fingerprint density at radius 1 is 1.28 bits per heavy atom. The maximum absolute atomic E-state index is 11.7. The molecule has 0 saturated heterocycles. The number of nitrogens with one attached hydrogen (secondary N) is 1. The van der Waals surface area contributed by atoms with Crippen molar-refractivity contribution in [3.63, 3.8) is 0 Å². The molecule has 4 heteroatoms. The van der Waals surface area contributed by atoms with Crippen molar-refractivity contribution in [1.29, 1.82) is 0 Å². The van der Waals surface area contributed by atoms with E-state index in [1.54, 1.807) is 7.11 Å². The van der Waals surface area contributed by atoms with Crippen LogP contribution in [0.1, 0.15) is 32.4 Å². The quantitative estimate of drug-likeness (QED) is 0.844. The summed E-state index contributed by atoms with van der Waals surface area (Å²) < 4.78 is 10.5. The monoisotopic (exact) mass is 251 g/mol. The number of rotatable bonds is 6. The van der Waals surface area contributed by atoms with E-state index in [1.807, 2.05) is 45.0 Å². The molecule has 0 aromatic heterocycles. The Labute approximate surface area is 108 Å². The summed E-state index contributed by atoms with van der Waals surface area (Å²) in [7, 11) is 1.62. The third-order valence-electron chi connectivity index (χ3n) is 2.53. The number of benzene rings is 1. The average Bonchev–Trinajstić information content (AvgIpc) is 2.36. The summed E-state index contributed by atoms with van der Waals surface area (Å²) in [4.78, 5) is 11.7. The SMILES string of the molecule is COc1ccccc1C(C)NC(=O)COC(C)C. The summed E-state index contributed by atoms with van der Waals surface area (Å²) in [5.74, 6) is 0.650. The summed E-state index contributed by atoms with van der Waals surface area (Å²) in [6.07, 6.45) is 0.0531. The van der Waals surface area contributed by atoms with Crippen molar-refractivity contribution >= 4 is 5.91 Å². The highest BCUT2D eigenvalue weighted by molar-refractivity contribution is 5.77. The molecule has 0 fully saturated rings. The summed E-state index contributed by atoms with van der Waals surface area (Å²) in [5, 5.41) is 2.88. The highest BCUT2D eigenvalue weighted by atomic mass is 16.5. The van der Waals surface area contributed by atoms with Gasteiger partial charge < -0.3 is 14.8 Å². The average molecular weight is 251 g/mol. The minimum Gasteiger partial charge on any atom is -0.496 e. The first-order valence-corrected chi connectivity index (χ1v) is 6.08. The van der Waals surface area contributed by atoms with E-state index in [2.05, 4.69) is 5.32 Å². The van der Waals surface area contributed by atoms with Crippen molar-refractivity contribution in [1.82, 2.24) is 5.32 Å². The lowest BCUT2D eigenvalue weighted by molar-refractivity contribution is -0.127. The Kier molecular flexibility index (Phi) is 5.65. The van der Waals surface area contributed by atoms with Crippen molar-refractivity contribution in [3.05, 3.63) is 29.8 Å². The molecule has 0 heterocycles. The molecule has 100 valence electrons.